The largest absolute Gasteiger partial charge is 0.496 e. The summed E-state index contributed by atoms with van der Waals surface area (Å²) in [5.41, 5.74) is 6.55. The molecule has 0 radical (unpaired) electrons. The number of carbonyl (C=O) groups is 1. The second-order valence-corrected chi connectivity index (χ2v) is 5.45. The molecule has 2 rings (SSSR count). The summed E-state index contributed by atoms with van der Waals surface area (Å²) in [7, 11) is 1.50. The highest BCUT2D eigenvalue weighted by molar-refractivity contribution is 6.33. The average molecular weight is 335 g/mol. The lowest BCUT2D eigenvalue weighted by Gasteiger charge is -2.35. The number of benzene rings is 1. The molecule has 21 heavy (non-hydrogen) atoms. The first kappa shape index (κ1) is 17.9. The van der Waals surface area contributed by atoms with Crippen LogP contribution in [0.2, 0.25) is 5.02 Å². The van der Waals surface area contributed by atoms with E-state index < -0.39 is 0 Å². The van der Waals surface area contributed by atoms with E-state index in [0.29, 0.717) is 35.1 Å². The number of halogens is 2. The second kappa shape index (κ2) is 7.20. The number of morpholine rings is 1. The molecule has 2 atom stereocenters. The number of ether oxygens (including phenoxy) is 2. The van der Waals surface area contributed by atoms with Crippen molar-refractivity contribution in [1.82, 2.24) is 4.90 Å². The zero-order chi connectivity index (χ0) is 14.9. The molecule has 1 fully saturated rings. The predicted molar refractivity (Wildman–Crippen MR) is 85.6 cm³/mol. The van der Waals surface area contributed by atoms with Crippen LogP contribution in [0, 0.1) is 0 Å². The first-order chi connectivity index (χ1) is 9.42. The van der Waals surface area contributed by atoms with Crippen LogP contribution in [-0.2, 0) is 4.74 Å². The monoisotopic (exact) mass is 334 g/mol. The second-order valence-electron chi connectivity index (χ2n) is 5.04. The minimum atomic E-state index is -0.120. The molecule has 2 unspecified atom stereocenters. The van der Waals surface area contributed by atoms with Gasteiger partial charge in [-0.3, -0.25) is 4.79 Å². The van der Waals surface area contributed by atoms with Crippen LogP contribution in [0.15, 0.2) is 12.1 Å². The Balaban J connectivity index is 0.00000220. The summed E-state index contributed by atoms with van der Waals surface area (Å²) in [6, 6.07) is 3.13. The molecule has 1 amide bonds. The van der Waals surface area contributed by atoms with Crippen molar-refractivity contribution in [2.75, 3.05) is 25.9 Å². The van der Waals surface area contributed by atoms with E-state index in [-0.39, 0.29) is 30.5 Å². The lowest BCUT2D eigenvalue weighted by atomic mass is 10.1. The van der Waals surface area contributed by atoms with Crippen molar-refractivity contribution in [3.8, 4) is 5.75 Å². The van der Waals surface area contributed by atoms with Gasteiger partial charge >= 0.3 is 0 Å². The Labute approximate surface area is 135 Å². The molecule has 7 heteroatoms. The Morgan fingerprint density at radius 2 is 1.95 bits per heavy atom. The molecule has 1 aromatic rings. The van der Waals surface area contributed by atoms with Crippen molar-refractivity contribution in [3.05, 3.63) is 22.7 Å². The van der Waals surface area contributed by atoms with Gasteiger partial charge in [-0.25, -0.2) is 0 Å². The summed E-state index contributed by atoms with van der Waals surface area (Å²) in [5, 5.41) is 0.350. The molecule has 1 saturated heterocycles. The third kappa shape index (κ3) is 3.93. The number of nitrogens with two attached hydrogens (primary N) is 1. The van der Waals surface area contributed by atoms with E-state index in [1.165, 1.54) is 7.11 Å². The minimum Gasteiger partial charge on any atom is -0.496 e. The molecular weight excluding hydrogens is 315 g/mol. The van der Waals surface area contributed by atoms with Crippen LogP contribution in [0.3, 0.4) is 0 Å². The molecule has 1 aliphatic rings. The van der Waals surface area contributed by atoms with Gasteiger partial charge in [-0.1, -0.05) is 11.6 Å². The fourth-order valence-corrected chi connectivity index (χ4v) is 2.58. The summed E-state index contributed by atoms with van der Waals surface area (Å²) in [6.45, 7) is 4.99. The maximum atomic E-state index is 12.6. The summed E-state index contributed by atoms with van der Waals surface area (Å²) in [6.07, 6.45) is 0.0240. The highest BCUT2D eigenvalue weighted by Gasteiger charge is 2.28. The van der Waals surface area contributed by atoms with Gasteiger partial charge in [0.15, 0.2) is 0 Å². The first-order valence-corrected chi connectivity index (χ1v) is 6.88. The van der Waals surface area contributed by atoms with Gasteiger partial charge in [-0.15, -0.1) is 12.4 Å². The average Bonchev–Trinajstić information content (AvgIpc) is 2.39. The number of nitrogen functional groups attached to an aromatic ring is 1. The highest BCUT2D eigenvalue weighted by Crippen LogP contribution is 2.30. The van der Waals surface area contributed by atoms with Crippen LogP contribution in [-0.4, -0.2) is 43.2 Å². The van der Waals surface area contributed by atoms with Gasteiger partial charge in [0.05, 0.1) is 35.6 Å². The van der Waals surface area contributed by atoms with Crippen LogP contribution in [0.1, 0.15) is 24.2 Å². The van der Waals surface area contributed by atoms with Crippen LogP contribution in [0.5, 0.6) is 5.75 Å². The van der Waals surface area contributed by atoms with Gasteiger partial charge in [0.1, 0.15) is 5.75 Å². The molecule has 0 aliphatic carbocycles. The fraction of sp³-hybridized carbons (Fsp3) is 0.500. The molecule has 0 spiro atoms. The Hall–Kier alpha value is -1.17. The molecule has 1 aromatic carbocycles. The van der Waals surface area contributed by atoms with E-state index in [4.69, 9.17) is 26.8 Å². The van der Waals surface area contributed by atoms with Gasteiger partial charge in [0, 0.05) is 19.2 Å². The SMILES string of the molecule is COc1cc(N)c(Cl)cc1C(=O)N1CC(C)OC(C)C1.Cl. The lowest BCUT2D eigenvalue weighted by Crippen LogP contribution is -2.48. The molecule has 5 nitrogen and oxygen atoms in total. The molecular formula is C14H20Cl2N2O3. The lowest BCUT2D eigenvalue weighted by molar-refractivity contribution is -0.0586. The third-order valence-corrected chi connectivity index (χ3v) is 3.58. The van der Waals surface area contributed by atoms with Crippen molar-refractivity contribution in [2.24, 2.45) is 0 Å². The number of hydrogen-bond donors (Lipinski definition) is 1. The van der Waals surface area contributed by atoms with E-state index in [0.717, 1.165) is 0 Å². The quantitative estimate of drug-likeness (QED) is 0.844. The zero-order valence-corrected chi connectivity index (χ0v) is 13.8. The summed E-state index contributed by atoms with van der Waals surface area (Å²) < 4.78 is 10.9. The van der Waals surface area contributed by atoms with Gasteiger partial charge in [-0.2, -0.15) is 0 Å². The summed E-state index contributed by atoms with van der Waals surface area (Å²) in [4.78, 5) is 14.4. The van der Waals surface area contributed by atoms with Crippen molar-refractivity contribution in [2.45, 2.75) is 26.1 Å². The van der Waals surface area contributed by atoms with Gasteiger partial charge in [-0.05, 0) is 19.9 Å². The van der Waals surface area contributed by atoms with E-state index in [2.05, 4.69) is 0 Å². The number of rotatable bonds is 2. The van der Waals surface area contributed by atoms with Gasteiger partial charge in [0.25, 0.3) is 5.91 Å². The number of methoxy groups -OCH3 is 1. The Morgan fingerprint density at radius 3 is 2.48 bits per heavy atom. The van der Waals surface area contributed by atoms with E-state index in [1.807, 2.05) is 13.8 Å². The predicted octanol–water partition coefficient (Wildman–Crippen LogP) is 2.60. The molecule has 0 saturated carbocycles. The minimum absolute atomic E-state index is 0. The Morgan fingerprint density at radius 1 is 1.38 bits per heavy atom. The Kier molecular flexibility index (Phi) is 6.13. The number of amides is 1. The maximum absolute atomic E-state index is 12.6. The molecule has 1 aliphatic heterocycles. The summed E-state index contributed by atoms with van der Waals surface area (Å²) >= 11 is 6.01. The standard InChI is InChI=1S/C14H19ClN2O3.ClH/c1-8-6-17(7-9(2)20-8)14(18)10-4-11(15)12(16)5-13(10)19-3;/h4-5,8-9H,6-7,16H2,1-3H3;1H. The summed E-state index contributed by atoms with van der Waals surface area (Å²) in [5.74, 6) is 0.314. The Bertz CT molecular complexity index is 515. The van der Waals surface area contributed by atoms with E-state index in [1.54, 1.807) is 17.0 Å². The zero-order valence-electron chi connectivity index (χ0n) is 12.3. The molecule has 0 aromatic heterocycles. The van der Waals surface area contributed by atoms with Crippen molar-refractivity contribution >= 4 is 35.6 Å². The first-order valence-electron chi connectivity index (χ1n) is 6.50. The normalized spacial score (nSPS) is 21.6. The topological polar surface area (TPSA) is 64.8 Å². The highest BCUT2D eigenvalue weighted by atomic mass is 35.5. The molecule has 2 N–H and O–H groups in total. The van der Waals surface area contributed by atoms with Crippen molar-refractivity contribution in [3.63, 3.8) is 0 Å². The molecule has 1 heterocycles. The van der Waals surface area contributed by atoms with Crippen LogP contribution >= 0.6 is 24.0 Å². The van der Waals surface area contributed by atoms with Crippen molar-refractivity contribution in [1.29, 1.82) is 0 Å². The van der Waals surface area contributed by atoms with Gasteiger partial charge < -0.3 is 20.1 Å². The smallest absolute Gasteiger partial charge is 0.257 e. The fourth-order valence-electron chi connectivity index (χ4n) is 2.42. The van der Waals surface area contributed by atoms with Crippen LogP contribution in [0.25, 0.3) is 0 Å². The van der Waals surface area contributed by atoms with Gasteiger partial charge in [0.2, 0.25) is 0 Å². The van der Waals surface area contributed by atoms with E-state index >= 15 is 0 Å². The van der Waals surface area contributed by atoms with Crippen molar-refractivity contribution < 1.29 is 14.3 Å². The van der Waals surface area contributed by atoms with Crippen LogP contribution in [0.4, 0.5) is 5.69 Å². The number of hydrogen-bond acceptors (Lipinski definition) is 4. The van der Waals surface area contributed by atoms with Crippen LogP contribution < -0.4 is 10.5 Å². The maximum Gasteiger partial charge on any atom is 0.257 e. The van der Waals surface area contributed by atoms with E-state index in [9.17, 15) is 4.79 Å². The molecule has 0 bridgehead atoms. The number of carbonyl (C=O) groups excluding carboxylic acids is 1. The number of nitrogens with zero attached hydrogens (tertiary/aromatic N) is 1. The molecule has 118 valence electrons. The number of anilines is 1. The third-order valence-electron chi connectivity index (χ3n) is 3.26.